The molecule has 0 aliphatic heterocycles. The Labute approximate surface area is 184 Å². The predicted molar refractivity (Wildman–Crippen MR) is 126 cm³/mol. The molecule has 0 saturated carbocycles. The van der Waals surface area contributed by atoms with Crippen molar-refractivity contribution in [1.29, 1.82) is 0 Å². The van der Waals surface area contributed by atoms with Gasteiger partial charge in [-0.3, -0.25) is 0 Å². The first-order valence-electron chi connectivity index (χ1n) is 9.21. The zero-order valence-corrected chi connectivity index (χ0v) is 19.8. The Hall–Kier alpha value is -1.35. The lowest BCUT2D eigenvalue weighted by atomic mass is 10.1. The first kappa shape index (κ1) is 23.7. The fourth-order valence-corrected chi connectivity index (χ4v) is 3.32. The van der Waals surface area contributed by atoms with E-state index in [9.17, 15) is 0 Å². The molecule has 2 rings (SSSR count). The number of thiazole rings is 1. The lowest BCUT2D eigenvalue weighted by molar-refractivity contribution is 0.414. The van der Waals surface area contributed by atoms with E-state index in [1.807, 2.05) is 12.1 Å². The topological polar surface area (TPSA) is 58.5 Å². The van der Waals surface area contributed by atoms with Crippen LogP contribution in [0.25, 0.3) is 0 Å². The second-order valence-electron chi connectivity index (χ2n) is 6.39. The van der Waals surface area contributed by atoms with Gasteiger partial charge < -0.3 is 15.4 Å². The highest BCUT2D eigenvalue weighted by atomic mass is 127. The minimum atomic E-state index is 0. The van der Waals surface area contributed by atoms with Crippen LogP contribution in [0.3, 0.4) is 0 Å². The molecule has 150 valence electrons. The van der Waals surface area contributed by atoms with Gasteiger partial charge >= 0.3 is 0 Å². The van der Waals surface area contributed by atoms with Crippen LogP contribution >= 0.6 is 35.3 Å². The number of hydrogen-bond donors (Lipinski definition) is 2. The number of nitrogens with zero attached hydrogens (tertiary/aromatic N) is 2. The monoisotopic (exact) mass is 502 g/mol. The summed E-state index contributed by atoms with van der Waals surface area (Å²) in [5.41, 5.74) is 2.47. The molecular formula is C20H31IN4OS. The summed E-state index contributed by atoms with van der Waals surface area (Å²) in [6.07, 6.45) is 2.08. The number of halogens is 1. The van der Waals surface area contributed by atoms with Gasteiger partial charge in [-0.2, -0.15) is 0 Å². The zero-order chi connectivity index (χ0) is 18.8. The van der Waals surface area contributed by atoms with Gasteiger partial charge in [-0.25, -0.2) is 9.98 Å². The number of aromatic nitrogens is 1. The van der Waals surface area contributed by atoms with Crippen molar-refractivity contribution < 1.29 is 4.74 Å². The van der Waals surface area contributed by atoms with Gasteiger partial charge in [0, 0.05) is 18.5 Å². The molecular weight excluding hydrogens is 471 g/mol. The lowest BCUT2D eigenvalue weighted by Gasteiger charge is -2.11. The summed E-state index contributed by atoms with van der Waals surface area (Å²) >= 11 is 1.68. The van der Waals surface area contributed by atoms with E-state index in [-0.39, 0.29) is 24.0 Å². The van der Waals surface area contributed by atoms with Crippen LogP contribution in [0.1, 0.15) is 49.4 Å². The number of rotatable bonds is 9. The van der Waals surface area contributed by atoms with Crippen molar-refractivity contribution in [1.82, 2.24) is 15.6 Å². The summed E-state index contributed by atoms with van der Waals surface area (Å²) in [6, 6.07) is 8.25. The average Bonchev–Trinajstić information content (AvgIpc) is 3.13. The maximum absolute atomic E-state index is 5.19. The molecule has 0 bridgehead atoms. The van der Waals surface area contributed by atoms with Crippen molar-refractivity contribution in [2.45, 2.75) is 46.1 Å². The van der Waals surface area contributed by atoms with Crippen LogP contribution in [-0.2, 0) is 13.0 Å². The first-order valence-corrected chi connectivity index (χ1v) is 10.1. The van der Waals surface area contributed by atoms with Gasteiger partial charge in [0.1, 0.15) is 10.8 Å². The number of benzene rings is 1. The predicted octanol–water partition coefficient (Wildman–Crippen LogP) is 4.58. The maximum atomic E-state index is 5.19. The van der Waals surface area contributed by atoms with Gasteiger partial charge in [-0.1, -0.05) is 26.0 Å². The third-order valence-corrected chi connectivity index (χ3v) is 4.82. The van der Waals surface area contributed by atoms with E-state index >= 15 is 0 Å². The molecule has 5 nitrogen and oxygen atoms in total. The number of nitrogens with one attached hydrogen (secondary N) is 2. The molecule has 0 fully saturated rings. The Kier molecular flexibility index (Phi) is 11.3. The highest BCUT2D eigenvalue weighted by Gasteiger charge is 2.05. The zero-order valence-electron chi connectivity index (χ0n) is 16.6. The quantitative estimate of drug-likeness (QED) is 0.228. The molecule has 1 heterocycles. The molecule has 0 unspecified atom stereocenters. The summed E-state index contributed by atoms with van der Waals surface area (Å²) in [4.78, 5) is 9.29. The van der Waals surface area contributed by atoms with Crippen molar-refractivity contribution >= 4 is 41.3 Å². The van der Waals surface area contributed by atoms with E-state index in [0.717, 1.165) is 48.3 Å². The number of methoxy groups -OCH3 is 1. The second-order valence-corrected chi connectivity index (χ2v) is 7.34. The third-order valence-electron chi connectivity index (χ3n) is 3.97. The number of hydrogen-bond acceptors (Lipinski definition) is 4. The molecule has 0 spiro atoms. The number of aliphatic imine (C=N–C) groups is 1. The Bertz CT molecular complexity index is 686. The number of aryl methyl sites for hydroxylation is 1. The molecule has 2 aromatic rings. The SMILES string of the molecule is CCNC(=NCc1nc(C(C)C)cs1)NCCCc1ccc(OC)cc1.I. The average molecular weight is 502 g/mol. The normalized spacial score (nSPS) is 11.2. The molecule has 7 heteroatoms. The van der Waals surface area contributed by atoms with Gasteiger partial charge in [-0.05, 0) is 43.4 Å². The first-order chi connectivity index (χ1) is 12.6. The van der Waals surface area contributed by atoms with Gasteiger partial charge in [0.2, 0.25) is 0 Å². The summed E-state index contributed by atoms with van der Waals surface area (Å²) in [6.45, 7) is 8.75. The van der Waals surface area contributed by atoms with Crippen molar-refractivity contribution in [2.24, 2.45) is 4.99 Å². The Morgan fingerprint density at radius 3 is 2.56 bits per heavy atom. The van der Waals surface area contributed by atoms with Gasteiger partial charge in [0.25, 0.3) is 0 Å². The molecule has 0 aliphatic rings. The lowest BCUT2D eigenvalue weighted by Crippen LogP contribution is -2.37. The molecule has 0 amide bonds. The molecule has 0 radical (unpaired) electrons. The van der Waals surface area contributed by atoms with E-state index in [1.54, 1.807) is 18.4 Å². The fourth-order valence-electron chi connectivity index (χ4n) is 2.44. The largest absolute Gasteiger partial charge is 0.497 e. The molecule has 27 heavy (non-hydrogen) atoms. The summed E-state index contributed by atoms with van der Waals surface area (Å²) in [7, 11) is 1.69. The van der Waals surface area contributed by atoms with Crippen molar-refractivity contribution in [3.05, 3.63) is 45.9 Å². The molecule has 0 aliphatic carbocycles. The van der Waals surface area contributed by atoms with Crippen LogP contribution in [0.4, 0.5) is 0 Å². The third kappa shape index (κ3) is 8.47. The summed E-state index contributed by atoms with van der Waals surface area (Å²) < 4.78 is 5.19. The van der Waals surface area contributed by atoms with Crippen LogP contribution < -0.4 is 15.4 Å². The Morgan fingerprint density at radius 1 is 1.22 bits per heavy atom. The summed E-state index contributed by atoms with van der Waals surface area (Å²) in [5.74, 6) is 2.22. The van der Waals surface area contributed by atoms with Crippen LogP contribution in [0, 0.1) is 0 Å². The minimum Gasteiger partial charge on any atom is -0.497 e. The molecule has 1 aromatic heterocycles. The smallest absolute Gasteiger partial charge is 0.191 e. The molecule has 0 atom stereocenters. The van der Waals surface area contributed by atoms with Crippen LogP contribution in [0.15, 0.2) is 34.6 Å². The van der Waals surface area contributed by atoms with Gasteiger partial charge in [0.15, 0.2) is 5.96 Å². The highest BCUT2D eigenvalue weighted by molar-refractivity contribution is 14.0. The highest BCUT2D eigenvalue weighted by Crippen LogP contribution is 2.18. The number of ether oxygens (including phenoxy) is 1. The standard InChI is InChI=1S/C20H30N4OS.HI/c1-5-21-20(23-13-19-24-18(14-26-19)15(2)3)22-12-6-7-16-8-10-17(25-4)11-9-16;/h8-11,14-15H,5-7,12-13H2,1-4H3,(H2,21,22,23);1H. The Morgan fingerprint density at radius 2 is 1.96 bits per heavy atom. The van der Waals surface area contributed by atoms with E-state index in [4.69, 9.17) is 4.74 Å². The number of guanidine groups is 1. The van der Waals surface area contributed by atoms with E-state index in [1.165, 1.54) is 5.56 Å². The molecule has 1 aromatic carbocycles. The van der Waals surface area contributed by atoms with E-state index in [0.29, 0.717) is 12.5 Å². The second kappa shape index (κ2) is 12.9. The molecule has 2 N–H and O–H groups in total. The molecule has 0 saturated heterocycles. The van der Waals surface area contributed by atoms with E-state index in [2.05, 4.69) is 58.9 Å². The van der Waals surface area contributed by atoms with E-state index < -0.39 is 0 Å². The van der Waals surface area contributed by atoms with Gasteiger partial charge in [0.05, 0.1) is 19.3 Å². The fraction of sp³-hybridized carbons (Fsp3) is 0.500. The minimum absolute atomic E-state index is 0. The van der Waals surface area contributed by atoms with Gasteiger partial charge in [-0.15, -0.1) is 35.3 Å². The van der Waals surface area contributed by atoms with Crippen LogP contribution in [0.2, 0.25) is 0 Å². The van der Waals surface area contributed by atoms with Crippen molar-refractivity contribution in [3.63, 3.8) is 0 Å². The van der Waals surface area contributed by atoms with Crippen molar-refractivity contribution in [3.8, 4) is 5.75 Å². The van der Waals surface area contributed by atoms with Crippen molar-refractivity contribution in [2.75, 3.05) is 20.2 Å². The summed E-state index contributed by atoms with van der Waals surface area (Å²) in [5, 5.41) is 9.89. The van der Waals surface area contributed by atoms with Crippen LogP contribution in [-0.4, -0.2) is 31.1 Å². The Balaban J connectivity index is 0.00000364. The maximum Gasteiger partial charge on any atom is 0.191 e. The van der Waals surface area contributed by atoms with Crippen LogP contribution in [0.5, 0.6) is 5.75 Å².